The summed E-state index contributed by atoms with van der Waals surface area (Å²) in [6, 6.07) is 12.6. The van der Waals surface area contributed by atoms with Crippen LogP contribution in [0, 0.1) is 0 Å². The Morgan fingerprint density at radius 3 is 2.57 bits per heavy atom. The zero-order valence-electron chi connectivity index (χ0n) is 11.8. The molecule has 1 N–H and O–H groups in total. The van der Waals surface area contributed by atoms with E-state index in [0.717, 1.165) is 28.4 Å². The zero-order valence-corrected chi connectivity index (χ0v) is 14.2. The molecule has 0 aromatic heterocycles. The molecule has 0 spiro atoms. The minimum Gasteiger partial charge on any atom is -0.493 e. The molecule has 110 valence electrons. The van der Waals surface area contributed by atoms with Crippen LogP contribution in [0.2, 0.25) is 5.02 Å². The molecule has 3 rings (SSSR count). The molecule has 2 nitrogen and oxygen atoms in total. The summed E-state index contributed by atoms with van der Waals surface area (Å²) in [6.45, 7) is 0.744. The van der Waals surface area contributed by atoms with Crippen LogP contribution >= 0.6 is 27.5 Å². The van der Waals surface area contributed by atoms with Gasteiger partial charge in [0.25, 0.3) is 0 Å². The van der Waals surface area contributed by atoms with Crippen molar-refractivity contribution >= 4 is 33.2 Å². The van der Waals surface area contributed by atoms with Crippen LogP contribution in [0.3, 0.4) is 0 Å². The lowest BCUT2D eigenvalue weighted by Crippen LogP contribution is -2.02. The maximum atomic E-state index is 6.10. The second-order valence-electron chi connectivity index (χ2n) is 5.34. The smallest absolute Gasteiger partial charge is 0.156 e. The lowest BCUT2D eigenvalue weighted by atomic mass is 10.1. The summed E-state index contributed by atoms with van der Waals surface area (Å²) in [5.41, 5.74) is 3.60. The van der Waals surface area contributed by atoms with Crippen LogP contribution in [-0.2, 0) is 6.54 Å². The molecule has 0 amide bonds. The van der Waals surface area contributed by atoms with Gasteiger partial charge >= 0.3 is 0 Å². The number of anilines is 1. The minimum absolute atomic E-state index is 0.675. The monoisotopic (exact) mass is 365 g/mol. The standard InChI is InChI=1S/C17H17BrClNO/c1-21-17-15(18)8-14(19)9-16(17)20-10-11-2-4-12(5-3-11)13-6-7-13/h2-5,8-9,13,20H,6-7,10H2,1H3. The summed E-state index contributed by atoms with van der Waals surface area (Å²) in [7, 11) is 1.66. The topological polar surface area (TPSA) is 21.3 Å². The van der Waals surface area contributed by atoms with E-state index in [1.165, 1.54) is 24.0 Å². The first-order valence-corrected chi connectivity index (χ1v) is 8.20. The van der Waals surface area contributed by atoms with Crippen molar-refractivity contribution in [1.29, 1.82) is 0 Å². The predicted molar refractivity (Wildman–Crippen MR) is 91.4 cm³/mol. The van der Waals surface area contributed by atoms with Crippen molar-refractivity contribution in [2.24, 2.45) is 0 Å². The molecule has 2 aromatic rings. The molecule has 0 bridgehead atoms. The number of ether oxygens (including phenoxy) is 1. The van der Waals surface area contributed by atoms with E-state index in [4.69, 9.17) is 16.3 Å². The number of benzene rings is 2. The van der Waals surface area contributed by atoms with Gasteiger partial charge in [0.2, 0.25) is 0 Å². The number of methoxy groups -OCH3 is 1. The molecule has 1 aliphatic rings. The Labute approximate surface area is 138 Å². The summed E-state index contributed by atoms with van der Waals surface area (Å²) in [4.78, 5) is 0. The molecule has 1 fully saturated rings. The molecule has 1 saturated carbocycles. The van der Waals surface area contributed by atoms with Gasteiger partial charge in [0.1, 0.15) is 0 Å². The van der Waals surface area contributed by atoms with E-state index in [-0.39, 0.29) is 0 Å². The minimum atomic E-state index is 0.675. The fourth-order valence-corrected chi connectivity index (χ4v) is 3.39. The Hall–Kier alpha value is -1.19. The molecular formula is C17H17BrClNO. The number of nitrogens with one attached hydrogen (secondary N) is 1. The first-order chi connectivity index (χ1) is 10.2. The van der Waals surface area contributed by atoms with Gasteiger partial charge in [0, 0.05) is 11.6 Å². The van der Waals surface area contributed by atoms with Gasteiger partial charge in [0.15, 0.2) is 5.75 Å². The Morgan fingerprint density at radius 2 is 1.95 bits per heavy atom. The van der Waals surface area contributed by atoms with Crippen molar-refractivity contribution < 1.29 is 4.74 Å². The van der Waals surface area contributed by atoms with Crippen molar-refractivity contribution in [3.63, 3.8) is 0 Å². The molecule has 2 aromatic carbocycles. The fraction of sp³-hybridized carbons (Fsp3) is 0.294. The molecule has 1 aliphatic carbocycles. The third-order valence-corrected chi connectivity index (χ3v) is 4.53. The van der Waals surface area contributed by atoms with Gasteiger partial charge < -0.3 is 10.1 Å². The van der Waals surface area contributed by atoms with Gasteiger partial charge in [-0.2, -0.15) is 0 Å². The SMILES string of the molecule is COc1c(Br)cc(Cl)cc1NCc1ccc(C2CC2)cc1. The van der Waals surface area contributed by atoms with Crippen LogP contribution in [0.4, 0.5) is 5.69 Å². The van der Waals surface area contributed by atoms with Crippen molar-refractivity contribution in [3.05, 3.63) is 57.0 Å². The maximum Gasteiger partial charge on any atom is 0.156 e. The Kier molecular flexibility index (Phi) is 4.41. The van der Waals surface area contributed by atoms with Crippen molar-refractivity contribution in [2.45, 2.75) is 25.3 Å². The highest BCUT2D eigenvalue weighted by atomic mass is 79.9. The lowest BCUT2D eigenvalue weighted by molar-refractivity contribution is 0.414. The van der Waals surface area contributed by atoms with Crippen LogP contribution in [0.5, 0.6) is 5.75 Å². The van der Waals surface area contributed by atoms with E-state index >= 15 is 0 Å². The molecule has 0 heterocycles. The van der Waals surface area contributed by atoms with Gasteiger partial charge in [0.05, 0.1) is 17.3 Å². The highest BCUT2D eigenvalue weighted by molar-refractivity contribution is 9.10. The predicted octanol–water partition coefficient (Wildman–Crippen LogP) is 5.60. The second-order valence-corrected chi connectivity index (χ2v) is 6.63. The largest absolute Gasteiger partial charge is 0.493 e. The van der Waals surface area contributed by atoms with Crippen molar-refractivity contribution in [2.75, 3.05) is 12.4 Å². The Balaban J connectivity index is 1.72. The lowest BCUT2D eigenvalue weighted by Gasteiger charge is -2.13. The fourth-order valence-electron chi connectivity index (χ4n) is 2.42. The zero-order chi connectivity index (χ0) is 14.8. The summed E-state index contributed by atoms with van der Waals surface area (Å²) in [5.74, 6) is 1.57. The average molecular weight is 367 g/mol. The van der Waals surface area contributed by atoms with Crippen LogP contribution in [0.15, 0.2) is 40.9 Å². The van der Waals surface area contributed by atoms with Crippen LogP contribution in [0.25, 0.3) is 0 Å². The van der Waals surface area contributed by atoms with E-state index in [9.17, 15) is 0 Å². The van der Waals surface area contributed by atoms with Gasteiger partial charge in [-0.15, -0.1) is 0 Å². The van der Waals surface area contributed by atoms with Crippen LogP contribution in [-0.4, -0.2) is 7.11 Å². The normalized spacial score (nSPS) is 14.0. The molecule has 0 radical (unpaired) electrons. The second kappa shape index (κ2) is 6.29. The molecular weight excluding hydrogens is 350 g/mol. The Morgan fingerprint density at radius 1 is 1.24 bits per heavy atom. The quantitative estimate of drug-likeness (QED) is 0.743. The van der Waals surface area contributed by atoms with Crippen LogP contribution < -0.4 is 10.1 Å². The van der Waals surface area contributed by atoms with Crippen molar-refractivity contribution in [3.8, 4) is 5.75 Å². The molecule has 21 heavy (non-hydrogen) atoms. The van der Waals surface area contributed by atoms with Crippen molar-refractivity contribution in [1.82, 2.24) is 0 Å². The highest BCUT2D eigenvalue weighted by Gasteiger charge is 2.22. The third kappa shape index (κ3) is 3.53. The van der Waals surface area contributed by atoms with E-state index < -0.39 is 0 Å². The molecule has 0 unspecified atom stereocenters. The molecule has 0 atom stereocenters. The molecule has 4 heteroatoms. The number of hydrogen-bond donors (Lipinski definition) is 1. The van der Waals surface area contributed by atoms with Gasteiger partial charge in [-0.25, -0.2) is 0 Å². The first-order valence-electron chi connectivity index (χ1n) is 7.03. The number of hydrogen-bond acceptors (Lipinski definition) is 2. The summed E-state index contributed by atoms with van der Waals surface area (Å²) in [5, 5.41) is 4.06. The summed E-state index contributed by atoms with van der Waals surface area (Å²) in [6.07, 6.45) is 2.68. The van der Waals surface area contributed by atoms with E-state index in [2.05, 4.69) is 45.5 Å². The third-order valence-electron chi connectivity index (χ3n) is 3.72. The highest BCUT2D eigenvalue weighted by Crippen LogP contribution is 2.40. The average Bonchev–Trinajstić information content (AvgIpc) is 3.30. The van der Waals surface area contributed by atoms with Crippen LogP contribution in [0.1, 0.15) is 29.9 Å². The summed E-state index contributed by atoms with van der Waals surface area (Å²) < 4.78 is 6.26. The van der Waals surface area contributed by atoms with E-state index in [0.29, 0.717) is 5.02 Å². The van der Waals surface area contributed by atoms with Gasteiger partial charge in [-0.1, -0.05) is 35.9 Å². The van der Waals surface area contributed by atoms with Gasteiger partial charge in [-0.05, 0) is 57.9 Å². The maximum absolute atomic E-state index is 6.10. The van der Waals surface area contributed by atoms with E-state index in [1.54, 1.807) is 7.11 Å². The van der Waals surface area contributed by atoms with E-state index in [1.807, 2.05) is 12.1 Å². The molecule has 0 saturated heterocycles. The Bertz CT molecular complexity index is 638. The first kappa shape index (κ1) is 14.7. The number of halogens is 2. The van der Waals surface area contributed by atoms with Gasteiger partial charge in [-0.3, -0.25) is 0 Å². The number of rotatable bonds is 5. The molecule has 0 aliphatic heterocycles. The summed E-state index contributed by atoms with van der Waals surface area (Å²) >= 11 is 9.57.